The first kappa shape index (κ1) is 13.4. The number of hydrogen-bond donors (Lipinski definition) is 2. The number of rotatable bonds is 3. The molecule has 1 amide bonds. The molecule has 1 saturated carbocycles. The van der Waals surface area contributed by atoms with E-state index in [9.17, 15) is 13.6 Å². The predicted molar refractivity (Wildman–Crippen MR) is 72.6 cm³/mol. The van der Waals surface area contributed by atoms with Crippen molar-refractivity contribution in [2.24, 2.45) is 0 Å². The molecule has 2 N–H and O–H groups in total. The van der Waals surface area contributed by atoms with Gasteiger partial charge < -0.3 is 4.90 Å². The molecule has 2 aromatic heterocycles. The van der Waals surface area contributed by atoms with Gasteiger partial charge in [0, 0.05) is 36.7 Å². The van der Waals surface area contributed by atoms with E-state index in [4.69, 9.17) is 0 Å². The Morgan fingerprint density at radius 2 is 2.14 bits per heavy atom. The molecule has 2 aliphatic rings. The fourth-order valence-electron chi connectivity index (χ4n) is 2.90. The van der Waals surface area contributed by atoms with E-state index < -0.39 is 6.43 Å². The van der Waals surface area contributed by atoms with E-state index in [0.717, 1.165) is 35.9 Å². The first-order valence-electron chi connectivity index (χ1n) is 7.32. The second-order valence-corrected chi connectivity index (χ2v) is 5.83. The summed E-state index contributed by atoms with van der Waals surface area (Å²) in [6, 6.07) is 1.12. The monoisotopic (exact) mass is 307 g/mol. The average Bonchev–Trinajstić information content (AvgIpc) is 3.09. The van der Waals surface area contributed by atoms with E-state index >= 15 is 0 Å². The van der Waals surface area contributed by atoms with Crippen molar-refractivity contribution in [1.29, 1.82) is 0 Å². The maximum absolute atomic E-state index is 12.6. The minimum Gasteiger partial charge on any atom is -0.332 e. The fraction of sp³-hybridized carbons (Fsp3) is 0.500. The summed E-state index contributed by atoms with van der Waals surface area (Å²) in [6.45, 7) is 1.00. The van der Waals surface area contributed by atoms with Crippen molar-refractivity contribution in [2.45, 2.75) is 38.2 Å². The van der Waals surface area contributed by atoms with E-state index in [1.807, 2.05) is 0 Å². The molecule has 116 valence electrons. The Bertz CT molecular complexity index is 719. The number of hydrogen-bond acceptors (Lipinski definition) is 3. The third-order valence-corrected chi connectivity index (χ3v) is 4.27. The SMILES string of the molecule is O=C(c1cc(C(F)F)[nH]n1)N1CCc2[nH]nc(C3CC3)c2C1. The van der Waals surface area contributed by atoms with Crippen LogP contribution in [-0.2, 0) is 13.0 Å². The number of alkyl halides is 2. The largest absolute Gasteiger partial charge is 0.332 e. The van der Waals surface area contributed by atoms with Gasteiger partial charge in [0.25, 0.3) is 12.3 Å². The quantitative estimate of drug-likeness (QED) is 0.912. The van der Waals surface area contributed by atoms with Crippen molar-refractivity contribution in [3.8, 4) is 0 Å². The molecule has 1 fully saturated rings. The van der Waals surface area contributed by atoms with Crippen LogP contribution >= 0.6 is 0 Å². The molecule has 1 aliphatic carbocycles. The Morgan fingerprint density at radius 1 is 1.32 bits per heavy atom. The summed E-state index contributed by atoms with van der Waals surface area (Å²) in [7, 11) is 0. The topological polar surface area (TPSA) is 77.7 Å². The summed E-state index contributed by atoms with van der Waals surface area (Å²) in [5.41, 5.74) is 2.94. The summed E-state index contributed by atoms with van der Waals surface area (Å²) in [4.78, 5) is 14.1. The van der Waals surface area contributed by atoms with E-state index in [1.165, 1.54) is 0 Å². The molecule has 0 atom stereocenters. The molecule has 0 radical (unpaired) electrons. The highest BCUT2D eigenvalue weighted by Gasteiger charge is 2.33. The molecule has 0 saturated heterocycles. The number of fused-ring (bicyclic) bond motifs is 1. The van der Waals surface area contributed by atoms with Crippen LogP contribution in [0.1, 0.15) is 58.3 Å². The first-order chi connectivity index (χ1) is 10.6. The van der Waals surface area contributed by atoms with Crippen LogP contribution < -0.4 is 0 Å². The van der Waals surface area contributed by atoms with E-state index in [2.05, 4.69) is 20.4 Å². The number of aromatic amines is 2. The Labute approximate surface area is 124 Å². The average molecular weight is 307 g/mol. The third kappa shape index (κ3) is 2.18. The van der Waals surface area contributed by atoms with Crippen molar-refractivity contribution < 1.29 is 13.6 Å². The van der Waals surface area contributed by atoms with Crippen LogP contribution in [0.4, 0.5) is 8.78 Å². The van der Waals surface area contributed by atoms with Gasteiger partial charge in [-0.3, -0.25) is 15.0 Å². The van der Waals surface area contributed by atoms with Crippen molar-refractivity contribution in [3.63, 3.8) is 0 Å². The lowest BCUT2D eigenvalue weighted by Crippen LogP contribution is -2.36. The molecule has 1 aliphatic heterocycles. The zero-order chi connectivity index (χ0) is 15.3. The number of halogens is 2. The van der Waals surface area contributed by atoms with Gasteiger partial charge in [-0.15, -0.1) is 0 Å². The summed E-state index contributed by atoms with van der Waals surface area (Å²) < 4.78 is 25.2. The molecule has 0 unspecified atom stereocenters. The number of nitrogens with one attached hydrogen (secondary N) is 2. The lowest BCUT2D eigenvalue weighted by Gasteiger charge is -2.26. The van der Waals surface area contributed by atoms with Gasteiger partial charge in [-0.1, -0.05) is 0 Å². The molecular weight excluding hydrogens is 292 g/mol. The smallest absolute Gasteiger partial charge is 0.279 e. The minimum absolute atomic E-state index is 0.0372. The van der Waals surface area contributed by atoms with Gasteiger partial charge in [0.1, 0.15) is 5.69 Å². The van der Waals surface area contributed by atoms with Gasteiger partial charge in [-0.05, 0) is 18.9 Å². The zero-order valence-electron chi connectivity index (χ0n) is 11.8. The fourth-order valence-corrected chi connectivity index (χ4v) is 2.90. The Morgan fingerprint density at radius 3 is 2.82 bits per heavy atom. The summed E-state index contributed by atoms with van der Waals surface area (Å²) in [5, 5.41) is 13.3. The number of nitrogens with zero attached hydrogens (tertiary/aromatic N) is 3. The Hall–Kier alpha value is -2.25. The minimum atomic E-state index is -2.66. The van der Waals surface area contributed by atoms with Crippen molar-refractivity contribution in [1.82, 2.24) is 25.3 Å². The zero-order valence-corrected chi connectivity index (χ0v) is 11.8. The lowest BCUT2D eigenvalue weighted by molar-refractivity contribution is 0.0728. The standard InChI is InChI=1S/C14H15F2N5O/c15-13(16)10-5-11(19-18-10)14(22)21-4-3-9-8(6-21)12(20-17-9)7-1-2-7/h5,7,13H,1-4,6H2,(H,17,20)(H,18,19). The van der Waals surface area contributed by atoms with Gasteiger partial charge in [0.05, 0.1) is 5.69 Å². The molecule has 0 spiro atoms. The van der Waals surface area contributed by atoms with Gasteiger partial charge in [-0.2, -0.15) is 10.2 Å². The molecule has 0 aromatic carbocycles. The maximum Gasteiger partial charge on any atom is 0.279 e. The van der Waals surface area contributed by atoms with Crippen LogP contribution in [0.2, 0.25) is 0 Å². The second-order valence-electron chi connectivity index (χ2n) is 5.83. The highest BCUT2D eigenvalue weighted by Crippen LogP contribution is 2.42. The van der Waals surface area contributed by atoms with Crippen molar-refractivity contribution in [3.05, 3.63) is 34.4 Å². The molecule has 8 heteroatoms. The number of carbonyl (C=O) groups excluding carboxylic acids is 1. The normalized spacial score (nSPS) is 17.9. The second kappa shape index (κ2) is 4.89. The lowest BCUT2D eigenvalue weighted by atomic mass is 10.0. The highest BCUT2D eigenvalue weighted by molar-refractivity contribution is 5.92. The number of H-pyrrole nitrogens is 2. The summed E-state index contributed by atoms with van der Waals surface area (Å²) in [5.74, 6) is 0.183. The molecular formula is C14H15F2N5O. The summed E-state index contributed by atoms with van der Waals surface area (Å²) in [6.07, 6.45) is 0.329. The van der Waals surface area contributed by atoms with E-state index in [0.29, 0.717) is 25.4 Å². The van der Waals surface area contributed by atoms with Crippen LogP contribution in [0.25, 0.3) is 0 Å². The van der Waals surface area contributed by atoms with E-state index in [1.54, 1.807) is 4.90 Å². The maximum atomic E-state index is 12.6. The van der Waals surface area contributed by atoms with Gasteiger partial charge in [-0.25, -0.2) is 8.78 Å². The van der Waals surface area contributed by atoms with E-state index in [-0.39, 0.29) is 17.3 Å². The van der Waals surface area contributed by atoms with Crippen LogP contribution in [-0.4, -0.2) is 37.7 Å². The van der Waals surface area contributed by atoms with Crippen LogP contribution in [0.3, 0.4) is 0 Å². The van der Waals surface area contributed by atoms with Crippen molar-refractivity contribution >= 4 is 5.91 Å². The molecule has 2 aromatic rings. The van der Waals surface area contributed by atoms with Gasteiger partial charge >= 0.3 is 0 Å². The van der Waals surface area contributed by atoms with Crippen LogP contribution in [0.5, 0.6) is 0 Å². The molecule has 3 heterocycles. The molecule has 4 rings (SSSR count). The van der Waals surface area contributed by atoms with Gasteiger partial charge in [0.2, 0.25) is 0 Å². The number of carbonyl (C=O) groups is 1. The molecule has 0 bridgehead atoms. The predicted octanol–water partition coefficient (Wildman–Crippen LogP) is 2.15. The van der Waals surface area contributed by atoms with Crippen molar-refractivity contribution in [2.75, 3.05) is 6.54 Å². The van der Waals surface area contributed by atoms with Crippen LogP contribution in [0.15, 0.2) is 6.07 Å². The first-order valence-corrected chi connectivity index (χ1v) is 7.32. The highest BCUT2D eigenvalue weighted by atomic mass is 19.3. The van der Waals surface area contributed by atoms with Gasteiger partial charge in [0.15, 0.2) is 5.69 Å². The molecule has 22 heavy (non-hydrogen) atoms. The molecule has 6 nitrogen and oxygen atoms in total. The number of amides is 1. The summed E-state index contributed by atoms with van der Waals surface area (Å²) >= 11 is 0. The third-order valence-electron chi connectivity index (χ3n) is 4.27. The van der Waals surface area contributed by atoms with Crippen LogP contribution in [0, 0.1) is 0 Å². The Kier molecular flexibility index (Phi) is 2.98. The number of aromatic nitrogens is 4. The Balaban J connectivity index is 1.55.